The van der Waals surface area contributed by atoms with E-state index in [0.29, 0.717) is 44.5 Å². The van der Waals surface area contributed by atoms with E-state index < -0.39 is 11.6 Å². The van der Waals surface area contributed by atoms with Gasteiger partial charge in [-0.1, -0.05) is 60.7 Å². The molecule has 0 aliphatic heterocycles. The van der Waals surface area contributed by atoms with Crippen LogP contribution < -0.4 is 0 Å². The van der Waals surface area contributed by atoms with Crippen LogP contribution in [0.15, 0.2) is 83.9 Å². The number of fused-ring (bicyclic) bond motifs is 4. The van der Waals surface area contributed by atoms with E-state index in [-0.39, 0.29) is 44.5 Å². The van der Waals surface area contributed by atoms with Crippen molar-refractivity contribution in [2.24, 2.45) is 0 Å². The van der Waals surface area contributed by atoms with Crippen molar-refractivity contribution in [3.05, 3.63) is 129 Å². The number of allylic oxidation sites excluding steroid dienone is 6. The van der Waals surface area contributed by atoms with Crippen LogP contribution in [0.2, 0.25) is 0 Å². The Morgan fingerprint density at radius 1 is 0.432 bits per heavy atom. The van der Waals surface area contributed by atoms with Crippen molar-refractivity contribution >= 4 is 22.3 Å². The SMILES string of the molecule is N#CC(C#N)=C1C2=C(C(=C(C#N)C#N)c3c2cccc3-c2cccc(F)c2C#N)c2cccc(-c3cccc(F)c3C#N)c21. The van der Waals surface area contributed by atoms with E-state index in [9.17, 15) is 40.4 Å². The van der Waals surface area contributed by atoms with Gasteiger partial charge in [0.25, 0.3) is 0 Å². The summed E-state index contributed by atoms with van der Waals surface area (Å²) in [4.78, 5) is 0. The normalized spacial score (nSPS) is 12.0. The minimum Gasteiger partial charge on any atom is -0.206 e. The van der Waals surface area contributed by atoms with E-state index in [0.717, 1.165) is 12.1 Å². The van der Waals surface area contributed by atoms with Crippen molar-refractivity contribution in [2.45, 2.75) is 0 Å². The molecular formula is C36H12F2N6. The molecule has 0 saturated heterocycles. The molecule has 0 aromatic heterocycles. The van der Waals surface area contributed by atoms with Gasteiger partial charge in [0.2, 0.25) is 0 Å². The average Bonchev–Trinajstić information content (AvgIpc) is 3.56. The molecule has 0 heterocycles. The van der Waals surface area contributed by atoms with Crippen LogP contribution in [-0.2, 0) is 0 Å². The third-order valence-electron chi connectivity index (χ3n) is 7.70. The first-order chi connectivity index (χ1) is 21.4. The van der Waals surface area contributed by atoms with Gasteiger partial charge in [0.15, 0.2) is 0 Å². The molecule has 0 bridgehead atoms. The van der Waals surface area contributed by atoms with Gasteiger partial charge in [-0.2, -0.15) is 31.6 Å². The van der Waals surface area contributed by atoms with Crippen molar-refractivity contribution < 1.29 is 8.78 Å². The van der Waals surface area contributed by atoms with Gasteiger partial charge in [-0.15, -0.1) is 0 Å². The Balaban J connectivity index is 1.80. The molecule has 0 radical (unpaired) electrons. The van der Waals surface area contributed by atoms with Crippen LogP contribution in [0.1, 0.15) is 33.4 Å². The summed E-state index contributed by atoms with van der Waals surface area (Å²) < 4.78 is 29.6. The van der Waals surface area contributed by atoms with Gasteiger partial charge < -0.3 is 0 Å². The molecule has 200 valence electrons. The highest BCUT2D eigenvalue weighted by atomic mass is 19.1. The van der Waals surface area contributed by atoms with Gasteiger partial charge >= 0.3 is 0 Å². The monoisotopic (exact) mass is 566 g/mol. The summed E-state index contributed by atoms with van der Waals surface area (Å²) in [6.07, 6.45) is 0. The summed E-state index contributed by atoms with van der Waals surface area (Å²) in [5.74, 6) is -1.50. The van der Waals surface area contributed by atoms with E-state index in [1.54, 1.807) is 48.5 Å². The first-order valence-electron chi connectivity index (χ1n) is 12.9. The Morgan fingerprint density at radius 3 is 1.09 bits per heavy atom. The summed E-state index contributed by atoms with van der Waals surface area (Å²) in [5.41, 5.74) is 2.94. The van der Waals surface area contributed by atoms with Gasteiger partial charge in [-0.05, 0) is 34.4 Å². The van der Waals surface area contributed by atoms with Crippen molar-refractivity contribution in [1.82, 2.24) is 0 Å². The minimum absolute atomic E-state index is 0.187. The molecule has 0 fully saturated rings. The Bertz CT molecular complexity index is 2170. The number of hydrogen-bond acceptors (Lipinski definition) is 6. The van der Waals surface area contributed by atoms with Crippen LogP contribution in [0.3, 0.4) is 0 Å². The van der Waals surface area contributed by atoms with E-state index in [1.165, 1.54) is 12.1 Å². The molecule has 6 rings (SSSR count). The first-order valence-corrected chi connectivity index (χ1v) is 12.9. The lowest BCUT2D eigenvalue weighted by Gasteiger charge is -2.19. The molecule has 0 amide bonds. The lowest BCUT2D eigenvalue weighted by atomic mass is 9.82. The van der Waals surface area contributed by atoms with Crippen molar-refractivity contribution in [2.75, 3.05) is 0 Å². The minimum atomic E-state index is -0.748. The van der Waals surface area contributed by atoms with Gasteiger partial charge in [0, 0.05) is 44.5 Å². The summed E-state index contributed by atoms with van der Waals surface area (Å²) in [6.45, 7) is 0. The third-order valence-corrected chi connectivity index (χ3v) is 7.70. The molecule has 0 saturated carbocycles. The van der Waals surface area contributed by atoms with E-state index in [4.69, 9.17) is 0 Å². The van der Waals surface area contributed by atoms with Crippen LogP contribution in [0.25, 0.3) is 44.5 Å². The number of nitrogens with zero attached hydrogens (tertiary/aromatic N) is 6. The molecular weight excluding hydrogens is 554 g/mol. The van der Waals surface area contributed by atoms with Gasteiger partial charge in [0.05, 0.1) is 11.1 Å². The maximum absolute atomic E-state index is 14.8. The highest BCUT2D eigenvalue weighted by molar-refractivity contribution is 6.39. The standard InChI is InChI=1S/C36H12F2N6/c37-29-11-3-5-21(27(29)17-43)23-7-1-9-25-33(23)31(19(13-39)14-40)36-26-10-2-8-24(22-6-4-12-30(38)28(22)18-44)34(26)32(35(25)36)20(15-41)16-42/h1-12H. The molecule has 6 nitrogen and oxygen atoms in total. The van der Waals surface area contributed by atoms with Gasteiger partial charge in [0.1, 0.15) is 59.2 Å². The lowest BCUT2D eigenvalue weighted by Crippen LogP contribution is -2.01. The van der Waals surface area contributed by atoms with Crippen molar-refractivity contribution in [3.63, 3.8) is 0 Å². The topological polar surface area (TPSA) is 143 Å². The lowest BCUT2D eigenvalue weighted by molar-refractivity contribution is 0.624. The van der Waals surface area contributed by atoms with Crippen molar-refractivity contribution in [3.8, 4) is 58.7 Å². The van der Waals surface area contributed by atoms with Crippen molar-refractivity contribution in [1.29, 1.82) is 31.6 Å². The summed E-state index contributed by atoms with van der Waals surface area (Å²) in [7, 11) is 0. The molecule has 44 heavy (non-hydrogen) atoms. The first kappa shape index (κ1) is 27.1. The molecule has 4 aromatic rings. The molecule has 0 unspecified atom stereocenters. The average molecular weight is 567 g/mol. The fraction of sp³-hybridized carbons (Fsp3) is 0. The number of hydrogen-bond donors (Lipinski definition) is 0. The van der Waals surface area contributed by atoms with Crippen LogP contribution in [0.4, 0.5) is 8.78 Å². The number of nitriles is 6. The van der Waals surface area contributed by atoms with Gasteiger partial charge in [-0.25, -0.2) is 8.78 Å². The molecule has 4 aromatic carbocycles. The molecule has 0 atom stereocenters. The fourth-order valence-electron chi connectivity index (χ4n) is 6.05. The second kappa shape index (κ2) is 10.4. The Hall–Kier alpha value is -7.10. The smallest absolute Gasteiger partial charge is 0.141 e. The van der Waals surface area contributed by atoms with Crippen LogP contribution in [-0.4, -0.2) is 0 Å². The van der Waals surface area contributed by atoms with E-state index >= 15 is 0 Å². The number of halogens is 2. The van der Waals surface area contributed by atoms with Gasteiger partial charge in [-0.3, -0.25) is 0 Å². The number of benzene rings is 4. The second-order valence-corrected chi connectivity index (χ2v) is 9.70. The van der Waals surface area contributed by atoms with Crippen LogP contribution >= 0.6 is 0 Å². The fourth-order valence-corrected chi connectivity index (χ4v) is 6.05. The molecule has 2 aliphatic carbocycles. The molecule has 2 aliphatic rings. The molecule has 8 heteroatoms. The summed E-state index contributed by atoms with van der Waals surface area (Å²) in [5, 5.41) is 60.1. The van der Waals surface area contributed by atoms with Crippen LogP contribution in [0.5, 0.6) is 0 Å². The Morgan fingerprint density at radius 2 is 0.750 bits per heavy atom. The summed E-state index contributed by atoms with van der Waals surface area (Å²) in [6, 6.07) is 29.9. The Kier molecular flexibility index (Phi) is 6.39. The number of rotatable bonds is 2. The maximum atomic E-state index is 14.8. The molecule has 0 spiro atoms. The summed E-state index contributed by atoms with van der Waals surface area (Å²) >= 11 is 0. The predicted molar refractivity (Wildman–Crippen MR) is 156 cm³/mol. The third kappa shape index (κ3) is 3.64. The van der Waals surface area contributed by atoms with Crippen LogP contribution in [0, 0.1) is 79.6 Å². The molecule has 0 N–H and O–H groups in total. The zero-order chi connectivity index (χ0) is 31.1. The predicted octanol–water partition coefficient (Wildman–Crippen LogP) is 7.58. The Labute approximate surface area is 250 Å². The maximum Gasteiger partial charge on any atom is 0.141 e. The largest absolute Gasteiger partial charge is 0.206 e. The zero-order valence-corrected chi connectivity index (χ0v) is 22.4. The quantitative estimate of drug-likeness (QED) is 0.229. The van der Waals surface area contributed by atoms with E-state index in [2.05, 4.69) is 0 Å². The highest BCUT2D eigenvalue weighted by Gasteiger charge is 2.42. The highest BCUT2D eigenvalue weighted by Crippen LogP contribution is 2.62. The van der Waals surface area contributed by atoms with E-state index in [1.807, 2.05) is 36.4 Å². The second-order valence-electron chi connectivity index (χ2n) is 9.70. The zero-order valence-electron chi connectivity index (χ0n) is 22.4.